The van der Waals surface area contributed by atoms with Gasteiger partial charge in [0.05, 0.1) is 11.2 Å². The van der Waals surface area contributed by atoms with Crippen molar-refractivity contribution in [1.29, 1.82) is 0 Å². The summed E-state index contributed by atoms with van der Waals surface area (Å²) in [5.41, 5.74) is 2.69. The van der Waals surface area contributed by atoms with Crippen molar-refractivity contribution in [1.82, 2.24) is 14.9 Å². The number of hydrogen-bond donors (Lipinski definition) is 1. The molecule has 1 aliphatic heterocycles. The molecule has 134 valence electrons. The van der Waals surface area contributed by atoms with Crippen LogP contribution in [0.5, 0.6) is 0 Å². The molecule has 1 aromatic carbocycles. The first-order valence-corrected chi connectivity index (χ1v) is 8.69. The highest BCUT2D eigenvalue weighted by Gasteiger charge is 2.40. The van der Waals surface area contributed by atoms with Gasteiger partial charge in [0, 0.05) is 24.3 Å². The van der Waals surface area contributed by atoms with Gasteiger partial charge in [0.15, 0.2) is 0 Å². The summed E-state index contributed by atoms with van der Waals surface area (Å²) in [5, 5.41) is 0. The molecule has 1 aromatic heterocycles. The number of aryl methyl sites for hydroxylation is 2. The van der Waals surface area contributed by atoms with E-state index in [0.29, 0.717) is 18.8 Å². The molecular weight excluding hydrogens is 314 g/mol. The Labute approximate surface area is 149 Å². The van der Waals surface area contributed by atoms with Crippen molar-refractivity contribution in [2.24, 2.45) is 0 Å². The van der Waals surface area contributed by atoms with Crippen molar-refractivity contribution in [2.75, 3.05) is 13.1 Å². The summed E-state index contributed by atoms with van der Waals surface area (Å²) < 4.78 is 6.07. The number of aromatic nitrogens is 2. The van der Waals surface area contributed by atoms with Gasteiger partial charge in [0.1, 0.15) is 11.5 Å². The zero-order valence-electron chi connectivity index (χ0n) is 15.9. The number of nitrogens with zero attached hydrogens (tertiary/aromatic N) is 2. The third-order valence-corrected chi connectivity index (χ3v) is 4.36. The number of H-pyrrole nitrogens is 1. The van der Waals surface area contributed by atoms with Gasteiger partial charge in [-0.05, 0) is 47.6 Å². The summed E-state index contributed by atoms with van der Waals surface area (Å²) in [4.78, 5) is 22.8. The zero-order valence-corrected chi connectivity index (χ0v) is 15.9. The second-order valence-corrected chi connectivity index (χ2v) is 8.21. The van der Waals surface area contributed by atoms with Crippen LogP contribution in [-0.4, -0.2) is 45.1 Å². The third kappa shape index (κ3) is 3.76. The zero-order chi connectivity index (χ0) is 18.4. The monoisotopic (exact) mass is 341 g/mol. The normalized spacial score (nSPS) is 19.0. The molecule has 0 spiro atoms. The van der Waals surface area contributed by atoms with E-state index in [2.05, 4.69) is 16.0 Å². The Kier molecular flexibility index (Phi) is 4.23. The van der Waals surface area contributed by atoms with E-state index in [-0.39, 0.29) is 17.1 Å². The topological polar surface area (TPSA) is 58.2 Å². The van der Waals surface area contributed by atoms with Gasteiger partial charge in [-0.1, -0.05) is 23.8 Å². The largest absolute Gasteiger partial charge is 0.366 e. The average Bonchev–Trinajstić information content (AvgIpc) is 2.85. The highest BCUT2D eigenvalue weighted by molar-refractivity contribution is 5.94. The van der Waals surface area contributed by atoms with Gasteiger partial charge in [-0.15, -0.1) is 0 Å². The summed E-state index contributed by atoms with van der Waals surface area (Å²) in [7, 11) is 0. The van der Waals surface area contributed by atoms with E-state index in [4.69, 9.17) is 4.74 Å². The molecule has 1 fully saturated rings. The molecule has 1 aliphatic rings. The fourth-order valence-corrected chi connectivity index (χ4v) is 3.68. The van der Waals surface area contributed by atoms with Gasteiger partial charge in [-0.25, -0.2) is 4.98 Å². The fraction of sp³-hybridized carbons (Fsp3) is 0.500. The van der Waals surface area contributed by atoms with E-state index in [1.165, 1.54) is 0 Å². The number of rotatable bonds is 2. The number of carbonyl (C=O) groups is 1. The van der Waals surface area contributed by atoms with Gasteiger partial charge in [-0.2, -0.15) is 0 Å². The fourth-order valence-electron chi connectivity index (χ4n) is 3.68. The molecule has 2 aromatic rings. The molecule has 5 nitrogen and oxygen atoms in total. The van der Waals surface area contributed by atoms with Crippen molar-refractivity contribution < 1.29 is 9.53 Å². The molecular formula is C20H27N3O2. The standard InChI is InChI=1S/C20H27N3O2/c1-13-8-7-9-15(10-13)17-21-14(2)16(22-17)18(24)23-11-19(3,4)25-20(5,6)12-23/h7-10H,11-12H2,1-6H3,(H,21,22). The molecule has 0 aliphatic carbocycles. The maximum Gasteiger partial charge on any atom is 0.274 e. The molecule has 2 heterocycles. The Morgan fingerprint density at radius 1 is 1.16 bits per heavy atom. The molecule has 0 radical (unpaired) electrons. The van der Waals surface area contributed by atoms with Crippen molar-refractivity contribution in [3.8, 4) is 11.4 Å². The maximum absolute atomic E-state index is 13.1. The molecule has 0 unspecified atom stereocenters. The molecule has 3 rings (SSSR count). The molecule has 5 heteroatoms. The molecule has 1 N–H and O–H groups in total. The Morgan fingerprint density at radius 2 is 1.80 bits per heavy atom. The molecule has 25 heavy (non-hydrogen) atoms. The van der Waals surface area contributed by atoms with E-state index in [0.717, 1.165) is 22.6 Å². The van der Waals surface area contributed by atoms with E-state index >= 15 is 0 Å². The van der Waals surface area contributed by atoms with Gasteiger partial charge in [0.2, 0.25) is 0 Å². The van der Waals surface area contributed by atoms with E-state index in [1.54, 1.807) is 0 Å². The number of benzene rings is 1. The predicted molar refractivity (Wildman–Crippen MR) is 98.6 cm³/mol. The number of ether oxygens (including phenoxy) is 1. The Bertz CT molecular complexity index is 789. The minimum Gasteiger partial charge on any atom is -0.366 e. The molecule has 0 atom stereocenters. The highest BCUT2D eigenvalue weighted by atomic mass is 16.5. The van der Waals surface area contributed by atoms with Crippen LogP contribution in [0.2, 0.25) is 0 Å². The summed E-state index contributed by atoms with van der Waals surface area (Å²) in [5.74, 6) is 0.688. The Balaban J connectivity index is 1.90. The first-order chi connectivity index (χ1) is 11.6. The third-order valence-electron chi connectivity index (χ3n) is 4.36. The van der Waals surface area contributed by atoms with E-state index in [9.17, 15) is 4.79 Å². The first-order valence-electron chi connectivity index (χ1n) is 8.69. The first kappa shape index (κ1) is 17.7. The lowest BCUT2D eigenvalue weighted by Gasteiger charge is -2.47. The number of hydrogen-bond acceptors (Lipinski definition) is 3. The lowest BCUT2D eigenvalue weighted by molar-refractivity contribution is -0.171. The number of nitrogens with one attached hydrogen (secondary N) is 1. The number of aromatic amines is 1. The summed E-state index contributed by atoms with van der Waals surface area (Å²) >= 11 is 0. The number of amides is 1. The van der Waals surface area contributed by atoms with Crippen molar-refractivity contribution in [3.05, 3.63) is 41.2 Å². The summed E-state index contributed by atoms with van der Waals surface area (Å²) in [6.45, 7) is 13.1. The van der Waals surface area contributed by atoms with Crippen LogP contribution >= 0.6 is 0 Å². The number of imidazole rings is 1. The van der Waals surface area contributed by atoms with Gasteiger partial charge in [-0.3, -0.25) is 4.79 Å². The van der Waals surface area contributed by atoms with Crippen LogP contribution in [-0.2, 0) is 4.74 Å². The molecule has 1 saturated heterocycles. The summed E-state index contributed by atoms with van der Waals surface area (Å²) in [6, 6.07) is 8.11. The minimum absolute atomic E-state index is 0.0443. The lowest BCUT2D eigenvalue weighted by atomic mass is 9.98. The average molecular weight is 341 g/mol. The van der Waals surface area contributed by atoms with Crippen LogP contribution in [0.3, 0.4) is 0 Å². The van der Waals surface area contributed by atoms with Crippen LogP contribution in [0.25, 0.3) is 11.4 Å². The van der Waals surface area contributed by atoms with E-state index < -0.39 is 0 Å². The molecule has 0 bridgehead atoms. The van der Waals surface area contributed by atoms with Gasteiger partial charge < -0.3 is 14.6 Å². The smallest absolute Gasteiger partial charge is 0.274 e. The summed E-state index contributed by atoms with van der Waals surface area (Å²) in [6.07, 6.45) is 0. The molecule has 0 saturated carbocycles. The predicted octanol–water partition coefficient (Wildman–Crippen LogP) is 3.72. The van der Waals surface area contributed by atoms with Gasteiger partial charge >= 0.3 is 0 Å². The molecule has 1 amide bonds. The van der Waals surface area contributed by atoms with Crippen LogP contribution < -0.4 is 0 Å². The van der Waals surface area contributed by atoms with Gasteiger partial charge in [0.25, 0.3) is 5.91 Å². The lowest BCUT2D eigenvalue weighted by Crippen LogP contribution is -2.58. The second-order valence-electron chi connectivity index (χ2n) is 8.21. The van der Waals surface area contributed by atoms with Crippen molar-refractivity contribution in [2.45, 2.75) is 52.7 Å². The quantitative estimate of drug-likeness (QED) is 0.905. The Hall–Kier alpha value is -2.14. The van der Waals surface area contributed by atoms with Crippen molar-refractivity contribution in [3.63, 3.8) is 0 Å². The second kappa shape index (κ2) is 5.99. The van der Waals surface area contributed by atoms with E-state index in [1.807, 2.05) is 64.6 Å². The van der Waals surface area contributed by atoms with Crippen LogP contribution in [0, 0.1) is 13.8 Å². The van der Waals surface area contributed by atoms with Crippen molar-refractivity contribution >= 4 is 5.91 Å². The van der Waals surface area contributed by atoms with Crippen LogP contribution in [0.1, 0.15) is 49.4 Å². The maximum atomic E-state index is 13.1. The number of carbonyl (C=O) groups excluding carboxylic acids is 1. The SMILES string of the molecule is Cc1cccc(-c2nc(C(=O)N3CC(C)(C)OC(C)(C)C3)c(C)[nH]2)c1. The Morgan fingerprint density at radius 3 is 2.40 bits per heavy atom. The van der Waals surface area contributed by atoms with Crippen LogP contribution in [0.15, 0.2) is 24.3 Å². The highest BCUT2D eigenvalue weighted by Crippen LogP contribution is 2.29. The number of morpholine rings is 1. The minimum atomic E-state index is -0.374. The van der Waals surface area contributed by atoms with Crippen LogP contribution in [0.4, 0.5) is 0 Å².